The zero-order valence-electron chi connectivity index (χ0n) is 10.5. The summed E-state index contributed by atoms with van der Waals surface area (Å²) in [6.07, 6.45) is -4.58. The van der Waals surface area contributed by atoms with Gasteiger partial charge in [-0.2, -0.15) is 13.2 Å². The first-order valence-corrected chi connectivity index (χ1v) is 5.44. The lowest BCUT2D eigenvalue weighted by Crippen LogP contribution is -2.37. The monoisotopic (exact) mass is 276 g/mol. The van der Waals surface area contributed by atoms with Crippen molar-refractivity contribution in [2.45, 2.75) is 12.6 Å². The number of benzene rings is 1. The molecule has 4 nitrogen and oxygen atoms in total. The summed E-state index contributed by atoms with van der Waals surface area (Å²) in [4.78, 5) is 10.6. The first-order chi connectivity index (χ1) is 8.88. The van der Waals surface area contributed by atoms with Crippen molar-refractivity contribution >= 4 is 5.91 Å². The fourth-order valence-electron chi connectivity index (χ4n) is 1.46. The number of hydrogen-bond acceptors (Lipinski definition) is 3. The van der Waals surface area contributed by atoms with E-state index in [4.69, 9.17) is 9.47 Å². The maximum Gasteiger partial charge on any atom is 0.471 e. The van der Waals surface area contributed by atoms with E-state index in [1.807, 2.05) is 0 Å². The molecule has 1 aromatic carbocycles. The van der Waals surface area contributed by atoms with Crippen molar-refractivity contribution in [3.8, 4) is 11.5 Å². The minimum atomic E-state index is -4.85. The molecule has 0 radical (unpaired) electrons. The first kappa shape index (κ1) is 15.1. The molecule has 0 bridgehead atoms. The van der Waals surface area contributed by atoms with Crippen molar-refractivity contribution in [2.75, 3.05) is 20.8 Å². The van der Waals surface area contributed by atoms with Crippen LogP contribution in [0.3, 0.4) is 0 Å². The molecule has 0 aliphatic carbocycles. The highest BCUT2D eigenvalue weighted by atomic mass is 19.3. The van der Waals surface area contributed by atoms with Crippen molar-refractivity contribution in [3.63, 3.8) is 0 Å². The van der Waals surface area contributed by atoms with E-state index in [1.54, 1.807) is 23.5 Å². The second-order valence-electron chi connectivity index (χ2n) is 3.69. The van der Waals surface area contributed by atoms with Gasteiger partial charge in [-0.15, -0.1) is 0 Å². The van der Waals surface area contributed by atoms with Crippen molar-refractivity contribution in [1.82, 2.24) is 5.32 Å². The van der Waals surface area contributed by atoms with Crippen molar-refractivity contribution in [2.24, 2.45) is 0 Å². The number of methoxy groups -OCH3 is 2. The average Bonchev–Trinajstić information content (AvgIpc) is 2.37. The third-order valence-electron chi connectivity index (χ3n) is 2.40. The highest BCUT2D eigenvalue weighted by Gasteiger charge is 2.38. The van der Waals surface area contributed by atoms with Crippen molar-refractivity contribution in [3.05, 3.63) is 23.8 Å². The summed E-state index contributed by atoms with van der Waals surface area (Å²) in [6.45, 7) is -0.103. The Morgan fingerprint density at radius 3 is 2.37 bits per heavy atom. The minimum Gasteiger partial charge on any atom is -0.493 e. The highest BCUT2D eigenvalue weighted by Crippen LogP contribution is 2.27. The molecule has 0 atom stereocenters. The van der Waals surface area contributed by atoms with Gasteiger partial charge in [0.25, 0.3) is 0 Å². The van der Waals surface area contributed by atoms with Crippen LogP contribution in [0.5, 0.6) is 11.5 Å². The lowest BCUT2D eigenvalue weighted by Gasteiger charge is -2.10. The van der Waals surface area contributed by atoms with Gasteiger partial charge >= 0.3 is 12.1 Å². The second-order valence-corrected chi connectivity index (χ2v) is 3.69. The highest BCUT2D eigenvalue weighted by molar-refractivity contribution is 5.81. The lowest BCUT2D eigenvalue weighted by molar-refractivity contribution is -0.173. The van der Waals surface area contributed by atoms with E-state index in [-0.39, 0.29) is 13.0 Å². The summed E-state index contributed by atoms with van der Waals surface area (Å²) in [5.74, 6) is -0.916. The van der Waals surface area contributed by atoms with Gasteiger partial charge in [-0.1, -0.05) is 6.07 Å². The van der Waals surface area contributed by atoms with Crippen LogP contribution in [0.1, 0.15) is 5.56 Å². The number of amides is 1. The number of alkyl halides is 3. The maximum atomic E-state index is 11.9. The van der Waals surface area contributed by atoms with E-state index in [2.05, 4.69) is 0 Å². The van der Waals surface area contributed by atoms with Gasteiger partial charge in [0, 0.05) is 6.54 Å². The van der Waals surface area contributed by atoms with Crippen molar-refractivity contribution < 1.29 is 27.4 Å². The fraction of sp³-hybridized carbons (Fsp3) is 0.417. The average molecular weight is 276 g/mol. The smallest absolute Gasteiger partial charge is 0.471 e. The summed E-state index contributed by atoms with van der Waals surface area (Å²) < 4.78 is 45.9. The number of carbonyl (C=O) groups excluding carboxylic acids is 1. The molecule has 0 saturated carbocycles. The standard InChI is InChI=1S/C12H14F3NO3/c1-18-9-4-3-8(7-10(9)19-2)5-6-16-11(17)12(13,14)15/h3-4,7H,5-6H2,1-2H3,(H,16,17)/i13-1. The molecule has 0 spiro atoms. The number of rotatable bonds is 5. The van der Waals surface area contributed by atoms with E-state index >= 15 is 0 Å². The van der Waals surface area contributed by atoms with Gasteiger partial charge in [0.05, 0.1) is 14.2 Å². The van der Waals surface area contributed by atoms with Crippen LogP contribution in [0, 0.1) is 0 Å². The topological polar surface area (TPSA) is 47.6 Å². The molecule has 0 aliphatic rings. The molecular formula is C12H14F3NO3. The molecule has 0 fully saturated rings. The summed E-state index contributed by atoms with van der Waals surface area (Å²) in [7, 11) is 2.95. The molecule has 1 aromatic rings. The van der Waals surface area contributed by atoms with E-state index in [0.717, 1.165) is 5.56 Å². The fourth-order valence-corrected chi connectivity index (χ4v) is 1.46. The van der Waals surface area contributed by atoms with Crippen LogP contribution >= 0.6 is 0 Å². The Balaban J connectivity index is 2.57. The molecule has 19 heavy (non-hydrogen) atoms. The third-order valence-corrected chi connectivity index (χ3v) is 2.40. The van der Waals surface area contributed by atoms with Gasteiger partial charge in [-0.3, -0.25) is 4.79 Å². The predicted octanol–water partition coefficient (Wildman–Crippen LogP) is 1.92. The second kappa shape index (κ2) is 6.31. The van der Waals surface area contributed by atoms with Gasteiger partial charge in [-0.05, 0) is 24.1 Å². The van der Waals surface area contributed by atoms with E-state index in [1.165, 1.54) is 14.2 Å². The molecule has 106 valence electrons. The molecular weight excluding hydrogens is 262 g/mol. The predicted molar refractivity (Wildman–Crippen MR) is 62.3 cm³/mol. The molecule has 0 aliphatic heterocycles. The number of ether oxygens (including phenoxy) is 2. The molecule has 0 saturated heterocycles. The number of halogens is 3. The quantitative estimate of drug-likeness (QED) is 0.894. The van der Waals surface area contributed by atoms with Gasteiger partial charge in [0.15, 0.2) is 11.5 Å². The van der Waals surface area contributed by atoms with Crippen LogP contribution in [-0.4, -0.2) is 32.8 Å². The Morgan fingerprint density at radius 1 is 1.21 bits per heavy atom. The molecule has 0 unspecified atom stereocenters. The third kappa shape index (κ3) is 4.35. The largest absolute Gasteiger partial charge is 0.493 e. The Kier molecular flexibility index (Phi) is 5.02. The molecule has 7 heteroatoms. The lowest BCUT2D eigenvalue weighted by atomic mass is 10.1. The van der Waals surface area contributed by atoms with E-state index in [0.29, 0.717) is 11.5 Å². The van der Waals surface area contributed by atoms with Crippen molar-refractivity contribution in [1.29, 1.82) is 0 Å². The maximum absolute atomic E-state index is 11.9. The van der Waals surface area contributed by atoms with Gasteiger partial charge in [-0.25, -0.2) is 0 Å². The van der Waals surface area contributed by atoms with Crippen LogP contribution in [0.15, 0.2) is 18.2 Å². The Labute approximate surface area is 108 Å². The Morgan fingerprint density at radius 2 is 1.84 bits per heavy atom. The molecule has 1 N–H and O–H groups in total. The number of nitrogens with one attached hydrogen (secondary N) is 1. The van der Waals surface area contributed by atoms with Crippen LogP contribution in [0.4, 0.5) is 13.2 Å². The Hall–Kier alpha value is -1.92. The Bertz CT molecular complexity index is 446. The zero-order chi connectivity index (χ0) is 14.5. The van der Waals surface area contributed by atoms with Crippen LogP contribution in [0.2, 0.25) is 0 Å². The van der Waals surface area contributed by atoms with Gasteiger partial charge in [0.1, 0.15) is 0 Å². The SMILES string of the molecule is COc1ccc(CCNC(=O)C(F)(F)[18F])cc1OC. The van der Waals surface area contributed by atoms with E-state index < -0.39 is 12.1 Å². The normalized spacial score (nSPS) is 11.0. The van der Waals surface area contributed by atoms with Crippen LogP contribution in [0.25, 0.3) is 0 Å². The van der Waals surface area contributed by atoms with Gasteiger partial charge < -0.3 is 14.8 Å². The number of carbonyl (C=O) groups is 1. The zero-order valence-corrected chi connectivity index (χ0v) is 10.5. The van der Waals surface area contributed by atoms with Crippen LogP contribution in [-0.2, 0) is 11.2 Å². The number of hydrogen-bond donors (Lipinski definition) is 1. The summed E-state index contributed by atoms with van der Waals surface area (Å²) >= 11 is 0. The molecule has 1 rings (SSSR count). The summed E-state index contributed by atoms with van der Waals surface area (Å²) in [5, 5.41) is 1.80. The van der Waals surface area contributed by atoms with Crippen LogP contribution < -0.4 is 14.8 Å². The molecule has 0 aromatic heterocycles. The summed E-state index contributed by atoms with van der Waals surface area (Å²) in [5.41, 5.74) is 0.736. The van der Waals surface area contributed by atoms with E-state index in [9.17, 15) is 18.0 Å². The molecule has 0 heterocycles. The minimum absolute atomic E-state index is 0.103. The first-order valence-electron chi connectivity index (χ1n) is 5.44. The summed E-state index contributed by atoms with van der Waals surface area (Å²) in [6, 6.07) is 5.00. The van der Waals surface area contributed by atoms with Gasteiger partial charge in [0.2, 0.25) is 0 Å². The molecule has 1 amide bonds.